The van der Waals surface area contributed by atoms with Gasteiger partial charge in [0.15, 0.2) is 5.65 Å². The second-order valence-corrected chi connectivity index (χ2v) is 9.51. The highest BCUT2D eigenvalue weighted by Crippen LogP contribution is 2.41. The summed E-state index contributed by atoms with van der Waals surface area (Å²) < 4.78 is 7.18. The Morgan fingerprint density at radius 2 is 1.97 bits per heavy atom. The van der Waals surface area contributed by atoms with E-state index in [4.69, 9.17) is 14.7 Å². The molecule has 1 aliphatic rings. The van der Waals surface area contributed by atoms with Gasteiger partial charge in [-0.05, 0) is 50.8 Å². The number of allylic oxidation sites excluding steroid dienone is 2. The van der Waals surface area contributed by atoms with Crippen molar-refractivity contribution in [3.05, 3.63) is 78.9 Å². The van der Waals surface area contributed by atoms with E-state index in [0.29, 0.717) is 13.0 Å². The van der Waals surface area contributed by atoms with E-state index >= 15 is 0 Å². The quantitative estimate of drug-likeness (QED) is 0.310. The van der Waals surface area contributed by atoms with Gasteiger partial charge in [-0.2, -0.15) is 9.61 Å². The first-order valence-corrected chi connectivity index (χ1v) is 12.3. The summed E-state index contributed by atoms with van der Waals surface area (Å²) in [6.07, 6.45) is 9.92. The van der Waals surface area contributed by atoms with Crippen LogP contribution < -0.4 is 0 Å². The molecule has 1 aromatic carbocycles. The monoisotopic (exact) mass is 477 g/mol. The molecule has 1 atom stereocenters. The van der Waals surface area contributed by atoms with Crippen LogP contribution in [0.3, 0.4) is 0 Å². The Balaban J connectivity index is 1.40. The standard InChI is InChI=1S/C29H27N5O2/c1-3-36-28(35)29(2)14-11-20(12-15-29)25-22-13-16-30-26(22)34-27(33-25)23(18-32-34)21-9-10-24(31-17-21)19-7-5-4-6-8-19/h4-11,13,16-18,30H,3,12,14-15H2,1-2H3. The molecule has 1 unspecified atom stereocenters. The second kappa shape index (κ2) is 8.75. The highest BCUT2D eigenvalue weighted by Gasteiger charge is 2.36. The zero-order valence-electron chi connectivity index (χ0n) is 20.4. The Kier molecular flexibility index (Phi) is 5.40. The predicted octanol–water partition coefficient (Wildman–Crippen LogP) is 6.08. The Bertz CT molecular complexity index is 1600. The van der Waals surface area contributed by atoms with Gasteiger partial charge < -0.3 is 9.72 Å². The van der Waals surface area contributed by atoms with Gasteiger partial charge in [-0.15, -0.1) is 0 Å². The highest BCUT2D eigenvalue weighted by molar-refractivity contribution is 5.93. The van der Waals surface area contributed by atoms with Crippen molar-refractivity contribution < 1.29 is 9.53 Å². The Hall–Kier alpha value is -4.26. The number of ether oxygens (including phenoxy) is 1. The van der Waals surface area contributed by atoms with Gasteiger partial charge in [0, 0.05) is 34.5 Å². The molecule has 36 heavy (non-hydrogen) atoms. The van der Waals surface area contributed by atoms with Gasteiger partial charge >= 0.3 is 5.97 Å². The molecule has 7 nitrogen and oxygen atoms in total. The largest absolute Gasteiger partial charge is 0.466 e. The molecule has 7 heteroatoms. The summed E-state index contributed by atoms with van der Waals surface area (Å²) in [7, 11) is 0. The third kappa shape index (κ3) is 3.68. The maximum absolute atomic E-state index is 12.5. The number of hydrogen-bond acceptors (Lipinski definition) is 5. The number of carbonyl (C=O) groups excluding carboxylic acids is 1. The maximum Gasteiger partial charge on any atom is 0.312 e. The molecule has 0 fully saturated rings. The normalized spacial score (nSPS) is 17.9. The summed E-state index contributed by atoms with van der Waals surface area (Å²) in [5.41, 5.74) is 7.14. The van der Waals surface area contributed by atoms with Crippen LogP contribution in [0.25, 0.3) is 44.6 Å². The molecular formula is C29H27N5O2. The molecule has 4 aromatic heterocycles. The van der Waals surface area contributed by atoms with Gasteiger partial charge in [-0.3, -0.25) is 9.78 Å². The number of aromatic amines is 1. The van der Waals surface area contributed by atoms with E-state index in [1.807, 2.05) is 67.3 Å². The first-order chi connectivity index (χ1) is 17.6. The van der Waals surface area contributed by atoms with E-state index in [-0.39, 0.29) is 5.97 Å². The lowest BCUT2D eigenvalue weighted by Gasteiger charge is -2.30. The van der Waals surface area contributed by atoms with Crippen LogP contribution in [0.5, 0.6) is 0 Å². The summed E-state index contributed by atoms with van der Waals surface area (Å²) in [5.74, 6) is -0.125. The number of H-pyrrole nitrogens is 1. The lowest BCUT2D eigenvalue weighted by atomic mass is 9.76. The molecule has 0 saturated carbocycles. The van der Waals surface area contributed by atoms with Crippen molar-refractivity contribution in [2.45, 2.75) is 33.1 Å². The van der Waals surface area contributed by atoms with Gasteiger partial charge in [0.25, 0.3) is 0 Å². The molecule has 0 bridgehead atoms. The topological polar surface area (TPSA) is 85.2 Å². The van der Waals surface area contributed by atoms with Crippen molar-refractivity contribution in [1.82, 2.24) is 24.6 Å². The third-order valence-electron chi connectivity index (χ3n) is 7.12. The van der Waals surface area contributed by atoms with Crippen LogP contribution in [-0.4, -0.2) is 37.1 Å². The molecule has 1 aliphatic carbocycles. The van der Waals surface area contributed by atoms with Crippen molar-refractivity contribution in [2.24, 2.45) is 5.41 Å². The minimum absolute atomic E-state index is 0.125. The van der Waals surface area contributed by atoms with Crippen LogP contribution in [-0.2, 0) is 9.53 Å². The smallest absolute Gasteiger partial charge is 0.312 e. The zero-order valence-corrected chi connectivity index (χ0v) is 20.4. The Labute approximate surface area is 208 Å². The molecule has 6 rings (SSSR count). The summed E-state index contributed by atoms with van der Waals surface area (Å²) in [6, 6.07) is 16.3. The van der Waals surface area contributed by atoms with Crippen LogP contribution in [0.2, 0.25) is 0 Å². The first kappa shape index (κ1) is 22.2. The van der Waals surface area contributed by atoms with Gasteiger partial charge in [0.05, 0.1) is 29.6 Å². The fraction of sp³-hybridized carbons (Fsp3) is 0.241. The van der Waals surface area contributed by atoms with E-state index in [1.165, 1.54) is 0 Å². The van der Waals surface area contributed by atoms with Crippen LogP contribution in [0.1, 0.15) is 38.8 Å². The summed E-state index contributed by atoms with van der Waals surface area (Å²) >= 11 is 0. The van der Waals surface area contributed by atoms with Crippen molar-refractivity contribution in [2.75, 3.05) is 6.61 Å². The van der Waals surface area contributed by atoms with Crippen LogP contribution >= 0.6 is 0 Å². The van der Waals surface area contributed by atoms with Crippen molar-refractivity contribution in [3.63, 3.8) is 0 Å². The number of fused-ring (bicyclic) bond motifs is 3. The number of nitrogens with one attached hydrogen (secondary N) is 1. The fourth-order valence-electron chi connectivity index (χ4n) is 4.96. The van der Waals surface area contributed by atoms with Gasteiger partial charge in [0.2, 0.25) is 0 Å². The fourth-order valence-corrected chi connectivity index (χ4v) is 4.96. The molecule has 180 valence electrons. The number of carbonyl (C=O) groups is 1. The number of esters is 1. The summed E-state index contributed by atoms with van der Waals surface area (Å²) in [5, 5.41) is 5.66. The minimum atomic E-state index is -0.491. The minimum Gasteiger partial charge on any atom is -0.466 e. The van der Waals surface area contributed by atoms with E-state index in [2.05, 4.69) is 34.4 Å². The number of nitrogens with zero attached hydrogens (tertiary/aromatic N) is 4. The van der Waals surface area contributed by atoms with E-state index in [0.717, 1.165) is 63.2 Å². The molecule has 1 N–H and O–H groups in total. The molecular weight excluding hydrogens is 450 g/mol. The number of rotatable bonds is 5. The van der Waals surface area contributed by atoms with Crippen LogP contribution in [0.4, 0.5) is 0 Å². The Morgan fingerprint density at radius 1 is 1.11 bits per heavy atom. The van der Waals surface area contributed by atoms with E-state index < -0.39 is 5.41 Å². The lowest BCUT2D eigenvalue weighted by molar-refractivity contribution is -0.154. The zero-order chi connectivity index (χ0) is 24.7. The average Bonchev–Trinajstić information content (AvgIpc) is 3.57. The number of pyridine rings is 1. The van der Waals surface area contributed by atoms with E-state index in [9.17, 15) is 4.79 Å². The molecule has 5 aromatic rings. The molecule has 0 spiro atoms. The molecule has 0 aliphatic heterocycles. The summed E-state index contributed by atoms with van der Waals surface area (Å²) in [4.78, 5) is 25.6. The van der Waals surface area contributed by atoms with Gasteiger partial charge in [-0.25, -0.2) is 4.98 Å². The van der Waals surface area contributed by atoms with E-state index in [1.54, 1.807) is 0 Å². The first-order valence-electron chi connectivity index (χ1n) is 12.3. The van der Waals surface area contributed by atoms with Gasteiger partial charge in [0.1, 0.15) is 5.65 Å². The molecule has 0 amide bonds. The molecule has 0 saturated heterocycles. The number of aromatic nitrogens is 5. The lowest BCUT2D eigenvalue weighted by Crippen LogP contribution is -2.31. The predicted molar refractivity (Wildman–Crippen MR) is 140 cm³/mol. The highest BCUT2D eigenvalue weighted by atomic mass is 16.5. The number of benzene rings is 1. The van der Waals surface area contributed by atoms with Crippen LogP contribution in [0, 0.1) is 5.41 Å². The second-order valence-electron chi connectivity index (χ2n) is 9.51. The molecule has 0 radical (unpaired) electrons. The van der Waals surface area contributed by atoms with Crippen molar-refractivity contribution in [3.8, 4) is 22.4 Å². The number of hydrogen-bond donors (Lipinski definition) is 1. The SMILES string of the molecule is CCOC(=O)C1(C)CC=C(c2nc3c(-c4ccc(-c5ccccc5)nc4)cnn3c3[nH]ccc23)CC1. The summed E-state index contributed by atoms with van der Waals surface area (Å²) in [6.45, 7) is 4.24. The average molecular weight is 478 g/mol. The van der Waals surface area contributed by atoms with Gasteiger partial charge in [-0.1, -0.05) is 42.5 Å². The van der Waals surface area contributed by atoms with Crippen molar-refractivity contribution in [1.29, 1.82) is 0 Å². The van der Waals surface area contributed by atoms with Crippen molar-refractivity contribution >= 4 is 28.2 Å². The third-order valence-corrected chi connectivity index (χ3v) is 7.12. The maximum atomic E-state index is 12.5. The van der Waals surface area contributed by atoms with Crippen LogP contribution in [0.15, 0.2) is 73.2 Å². The Morgan fingerprint density at radius 3 is 2.69 bits per heavy atom. The molecule has 4 heterocycles.